The molecule has 27 heavy (non-hydrogen) atoms. The highest BCUT2D eigenvalue weighted by Crippen LogP contribution is 2.32. The van der Waals surface area contributed by atoms with Crippen molar-refractivity contribution in [2.75, 3.05) is 12.1 Å². The van der Waals surface area contributed by atoms with Crippen LogP contribution in [0.4, 0.5) is 5.69 Å². The fraction of sp³-hybridized carbons (Fsp3) is 0.0588. The van der Waals surface area contributed by atoms with E-state index in [0.717, 1.165) is 0 Å². The van der Waals surface area contributed by atoms with E-state index in [9.17, 15) is 13.2 Å². The SMILES string of the molecule is NC(N)=[NH+]S(=O)(=O)c1ccc(N/C=C\C(=O)c2ccc3c(c2)OCO3)cc1. The summed E-state index contributed by atoms with van der Waals surface area (Å²) in [7, 11) is -3.81. The summed E-state index contributed by atoms with van der Waals surface area (Å²) in [6.07, 6.45) is 2.81. The lowest BCUT2D eigenvalue weighted by molar-refractivity contribution is -0.270. The standard InChI is InChI=1S/C17H16N4O5S/c18-17(19)21-27(23,24)13-4-2-12(3-5-13)20-8-7-14(22)11-1-6-15-16(9-11)26-10-25-15/h1-9,20H,10H2,(H4,18,19,21)/p+1/b8-7-. The van der Waals surface area contributed by atoms with Crippen molar-refractivity contribution >= 4 is 27.5 Å². The number of ketones is 1. The molecule has 0 fully saturated rings. The molecule has 0 spiro atoms. The normalized spacial score (nSPS) is 12.7. The quantitative estimate of drug-likeness (QED) is 0.219. The van der Waals surface area contributed by atoms with Crippen LogP contribution in [0.25, 0.3) is 0 Å². The Kier molecular flexibility index (Phi) is 4.99. The van der Waals surface area contributed by atoms with Gasteiger partial charge in [-0.25, -0.2) is 0 Å². The minimum atomic E-state index is -3.81. The molecule has 2 aromatic carbocycles. The van der Waals surface area contributed by atoms with Crippen LogP contribution >= 0.6 is 0 Å². The van der Waals surface area contributed by atoms with Gasteiger partial charge in [-0.1, -0.05) is 0 Å². The van der Waals surface area contributed by atoms with Crippen LogP contribution in [0.1, 0.15) is 10.4 Å². The molecule has 2 aromatic rings. The minimum Gasteiger partial charge on any atom is -0.454 e. The van der Waals surface area contributed by atoms with Crippen LogP contribution in [0.5, 0.6) is 11.5 Å². The number of nitrogens with two attached hydrogens (primary N) is 2. The van der Waals surface area contributed by atoms with E-state index in [0.29, 0.717) is 22.7 Å². The Bertz CT molecular complexity index is 1030. The number of anilines is 1. The second-order valence-corrected chi connectivity index (χ2v) is 7.18. The number of ether oxygens (including phenoxy) is 2. The Hall–Kier alpha value is -3.53. The number of fused-ring (bicyclic) bond motifs is 1. The molecule has 0 aliphatic carbocycles. The van der Waals surface area contributed by atoms with Crippen LogP contribution < -0.4 is 30.7 Å². The van der Waals surface area contributed by atoms with Crippen molar-refractivity contribution < 1.29 is 27.1 Å². The number of allylic oxidation sites excluding steroid dienone is 1. The van der Waals surface area contributed by atoms with Gasteiger partial charge in [0.25, 0.3) is 0 Å². The number of nitrogens with one attached hydrogen (secondary N) is 2. The predicted molar refractivity (Wildman–Crippen MR) is 97.6 cm³/mol. The highest BCUT2D eigenvalue weighted by molar-refractivity contribution is 7.84. The summed E-state index contributed by atoms with van der Waals surface area (Å²) in [6, 6.07) is 10.8. The van der Waals surface area contributed by atoms with Crippen LogP contribution in [0.2, 0.25) is 0 Å². The lowest BCUT2D eigenvalue weighted by Crippen LogP contribution is -2.80. The highest BCUT2D eigenvalue weighted by Gasteiger charge is 2.15. The van der Waals surface area contributed by atoms with Crippen LogP contribution in [0, 0.1) is 0 Å². The molecule has 0 atom stereocenters. The number of sulfonamides is 1. The van der Waals surface area contributed by atoms with Gasteiger partial charge in [-0.05, 0) is 42.5 Å². The maximum Gasteiger partial charge on any atom is 0.353 e. The minimum absolute atomic E-state index is 0.00173. The summed E-state index contributed by atoms with van der Waals surface area (Å²) in [6.45, 7) is 0.140. The summed E-state index contributed by atoms with van der Waals surface area (Å²) in [4.78, 5) is 12.2. The zero-order valence-corrected chi connectivity index (χ0v) is 14.8. The third-order valence-corrected chi connectivity index (χ3v) is 4.96. The molecule has 1 heterocycles. The lowest BCUT2D eigenvalue weighted by Gasteiger charge is -2.03. The van der Waals surface area contributed by atoms with E-state index >= 15 is 0 Å². The van der Waals surface area contributed by atoms with Crippen molar-refractivity contribution in [1.82, 2.24) is 0 Å². The van der Waals surface area contributed by atoms with Gasteiger partial charge >= 0.3 is 16.0 Å². The van der Waals surface area contributed by atoms with Crippen molar-refractivity contribution in [2.45, 2.75) is 4.90 Å². The fourth-order valence-electron chi connectivity index (χ4n) is 2.30. The van der Waals surface area contributed by atoms with E-state index in [-0.39, 0.29) is 17.5 Å². The van der Waals surface area contributed by atoms with Gasteiger partial charge in [0.2, 0.25) is 6.79 Å². The smallest absolute Gasteiger partial charge is 0.353 e. The maximum absolute atomic E-state index is 12.2. The van der Waals surface area contributed by atoms with Gasteiger partial charge in [-0.2, -0.15) is 12.8 Å². The molecule has 0 saturated heterocycles. The van der Waals surface area contributed by atoms with Gasteiger partial charge in [-0.3, -0.25) is 16.3 Å². The molecule has 0 aromatic heterocycles. The molecule has 0 saturated carbocycles. The average Bonchev–Trinajstić information content (AvgIpc) is 3.08. The van der Waals surface area contributed by atoms with Crippen LogP contribution in [0.15, 0.2) is 59.6 Å². The van der Waals surface area contributed by atoms with Gasteiger partial charge in [-0.15, -0.1) is 0 Å². The third kappa shape index (κ3) is 4.36. The molecular formula is C17H17N4O5S+. The van der Waals surface area contributed by atoms with Crippen molar-refractivity contribution in [1.29, 1.82) is 0 Å². The monoisotopic (exact) mass is 389 g/mol. The third-order valence-electron chi connectivity index (χ3n) is 3.56. The molecule has 0 bridgehead atoms. The largest absolute Gasteiger partial charge is 0.454 e. The van der Waals surface area contributed by atoms with E-state index in [1.807, 2.05) is 4.40 Å². The predicted octanol–water partition coefficient (Wildman–Crippen LogP) is -0.733. The second kappa shape index (κ2) is 7.38. The molecule has 10 heteroatoms. The molecule has 3 rings (SSSR count). The Morgan fingerprint density at radius 1 is 1.07 bits per heavy atom. The highest BCUT2D eigenvalue weighted by atomic mass is 32.2. The van der Waals surface area contributed by atoms with E-state index < -0.39 is 16.0 Å². The Labute approximate surface area is 155 Å². The van der Waals surface area contributed by atoms with Crippen LogP contribution in [-0.4, -0.2) is 27.0 Å². The molecule has 6 N–H and O–H groups in total. The molecular weight excluding hydrogens is 372 g/mol. The first kappa shape index (κ1) is 18.3. The topological polar surface area (TPSA) is 148 Å². The van der Waals surface area contributed by atoms with Crippen LogP contribution in [-0.2, 0) is 10.0 Å². The molecule has 0 radical (unpaired) electrons. The fourth-order valence-corrected chi connectivity index (χ4v) is 3.23. The Balaban J connectivity index is 1.64. The summed E-state index contributed by atoms with van der Waals surface area (Å²) >= 11 is 0. The van der Waals surface area contributed by atoms with Crippen LogP contribution in [0.3, 0.4) is 0 Å². The average molecular weight is 389 g/mol. The van der Waals surface area contributed by atoms with E-state index in [1.54, 1.807) is 18.2 Å². The molecule has 0 unspecified atom stereocenters. The summed E-state index contributed by atoms with van der Waals surface area (Å²) < 4.78 is 36.2. The first-order chi connectivity index (χ1) is 12.8. The molecule has 9 nitrogen and oxygen atoms in total. The number of guanidine groups is 1. The zero-order chi connectivity index (χ0) is 19.4. The van der Waals surface area contributed by atoms with Gasteiger partial charge in [0, 0.05) is 23.5 Å². The summed E-state index contributed by atoms with van der Waals surface area (Å²) in [5.74, 6) is 0.496. The van der Waals surface area contributed by atoms with E-state index in [4.69, 9.17) is 20.9 Å². The number of benzene rings is 2. The molecule has 1 aliphatic heterocycles. The van der Waals surface area contributed by atoms with Gasteiger partial charge in [0.05, 0.1) is 0 Å². The van der Waals surface area contributed by atoms with Gasteiger partial charge in [0.15, 0.2) is 17.3 Å². The molecule has 1 aliphatic rings. The van der Waals surface area contributed by atoms with Gasteiger partial charge < -0.3 is 14.8 Å². The van der Waals surface area contributed by atoms with Crippen molar-refractivity contribution in [3.05, 3.63) is 60.3 Å². The Morgan fingerprint density at radius 2 is 1.78 bits per heavy atom. The number of hydrogen-bond acceptors (Lipinski definition) is 6. The molecule has 0 amide bonds. The van der Waals surface area contributed by atoms with Crippen molar-refractivity contribution in [2.24, 2.45) is 11.5 Å². The number of hydrogen-bond donors (Lipinski definition) is 4. The molecule has 140 valence electrons. The summed E-state index contributed by atoms with van der Waals surface area (Å²) in [5, 5.41) is 2.89. The zero-order valence-electron chi connectivity index (χ0n) is 14.0. The van der Waals surface area contributed by atoms with Crippen molar-refractivity contribution in [3.8, 4) is 11.5 Å². The second-order valence-electron chi connectivity index (χ2n) is 5.50. The van der Waals surface area contributed by atoms with Gasteiger partial charge in [0.1, 0.15) is 4.90 Å². The van der Waals surface area contributed by atoms with E-state index in [2.05, 4.69) is 5.32 Å². The van der Waals surface area contributed by atoms with Crippen molar-refractivity contribution in [3.63, 3.8) is 0 Å². The van der Waals surface area contributed by atoms with E-state index in [1.165, 1.54) is 36.5 Å². The number of carbonyl (C=O) groups is 1. The lowest BCUT2D eigenvalue weighted by atomic mass is 10.1. The number of carbonyl (C=O) groups excluding carboxylic acids is 1. The maximum atomic E-state index is 12.2. The summed E-state index contributed by atoms with van der Waals surface area (Å²) in [5.41, 5.74) is 11.4. The first-order valence-electron chi connectivity index (χ1n) is 7.73. The number of rotatable bonds is 6. The first-order valence-corrected chi connectivity index (χ1v) is 9.21. The Morgan fingerprint density at radius 3 is 2.48 bits per heavy atom.